The number of fused-ring (bicyclic) bond motifs is 1. The van der Waals surface area contributed by atoms with Crippen LogP contribution in [0.15, 0.2) is 56.7 Å². The van der Waals surface area contributed by atoms with Gasteiger partial charge in [0.1, 0.15) is 5.76 Å². The van der Waals surface area contributed by atoms with Crippen molar-refractivity contribution in [3.05, 3.63) is 65.4 Å². The van der Waals surface area contributed by atoms with Crippen LogP contribution < -0.4 is 0 Å². The minimum absolute atomic E-state index is 0.490. The van der Waals surface area contributed by atoms with Crippen molar-refractivity contribution in [1.82, 2.24) is 20.0 Å². The molecule has 1 aliphatic carbocycles. The predicted octanol–water partition coefficient (Wildman–Crippen LogP) is 4.60. The zero-order chi connectivity index (χ0) is 18.2. The third-order valence-corrected chi connectivity index (χ3v) is 5.67. The maximum absolute atomic E-state index is 5.79. The van der Waals surface area contributed by atoms with Crippen LogP contribution in [0.1, 0.15) is 29.1 Å². The highest BCUT2D eigenvalue weighted by Gasteiger charge is 2.23. The molecule has 0 unspecified atom stereocenters. The molecule has 6 nitrogen and oxygen atoms in total. The number of thioether (sulfide) groups is 1. The van der Waals surface area contributed by atoms with Gasteiger partial charge < -0.3 is 8.83 Å². The summed E-state index contributed by atoms with van der Waals surface area (Å²) >= 11 is 1.53. The molecule has 0 radical (unpaired) electrons. The summed E-state index contributed by atoms with van der Waals surface area (Å²) in [4.78, 5) is 0. The maximum atomic E-state index is 5.79. The summed E-state index contributed by atoms with van der Waals surface area (Å²) in [6.45, 7) is 1.88. The van der Waals surface area contributed by atoms with Crippen molar-refractivity contribution in [3.8, 4) is 17.1 Å². The van der Waals surface area contributed by atoms with E-state index in [1.54, 1.807) is 6.26 Å². The van der Waals surface area contributed by atoms with Gasteiger partial charge in [-0.3, -0.25) is 0 Å². The third-order valence-electron chi connectivity index (χ3n) is 4.84. The number of benzene rings is 1. The molecule has 136 valence electrons. The lowest BCUT2D eigenvalue weighted by Crippen LogP contribution is -2.01. The fourth-order valence-corrected chi connectivity index (χ4v) is 4.25. The van der Waals surface area contributed by atoms with Gasteiger partial charge in [0.25, 0.3) is 11.1 Å². The quantitative estimate of drug-likeness (QED) is 0.473. The topological polar surface area (TPSA) is 69.9 Å². The van der Waals surface area contributed by atoms with Crippen LogP contribution in [0.25, 0.3) is 17.1 Å². The molecule has 0 fully saturated rings. The van der Waals surface area contributed by atoms with E-state index in [-0.39, 0.29) is 0 Å². The van der Waals surface area contributed by atoms with Crippen LogP contribution in [0.3, 0.4) is 0 Å². The number of nitrogens with zero attached hydrogens (tertiary/aromatic N) is 4. The molecule has 7 heteroatoms. The Morgan fingerprint density at radius 3 is 2.81 bits per heavy atom. The molecule has 5 rings (SSSR count). The monoisotopic (exact) mass is 378 g/mol. The number of furan rings is 1. The van der Waals surface area contributed by atoms with E-state index in [1.165, 1.54) is 29.4 Å². The summed E-state index contributed by atoms with van der Waals surface area (Å²) in [7, 11) is 0. The Balaban J connectivity index is 1.38. The smallest absolute Gasteiger partial charge is 0.277 e. The van der Waals surface area contributed by atoms with E-state index < -0.39 is 0 Å². The molecule has 0 aliphatic heterocycles. The Bertz CT molecular complexity index is 1080. The molecule has 4 aromatic rings. The molecular formula is C20H18N4O2S. The Hall–Kier alpha value is -2.80. The normalized spacial score (nSPS) is 13.2. The minimum Gasteiger partial charge on any atom is -0.469 e. The van der Waals surface area contributed by atoms with Crippen molar-refractivity contribution in [2.45, 2.75) is 37.2 Å². The highest BCUT2D eigenvalue weighted by Crippen LogP contribution is 2.32. The summed E-state index contributed by atoms with van der Waals surface area (Å²) in [6.07, 6.45) is 4.97. The van der Waals surface area contributed by atoms with Gasteiger partial charge in [-0.25, -0.2) is 4.68 Å². The van der Waals surface area contributed by atoms with Crippen molar-refractivity contribution in [1.29, 1.82) is 0 Å². The first-order valence-corrected chi connectivity index (χ1v) is 9.94. The first-order chi connectivity index (χ1) is 13.3. The molecule has 0 saturated heterocycles. The molecule has 3 heterocycles. The van der Waals surface area contributed by atoms with Gasteiger partial charge in [0.2, 0.25) is 0 Å². The molecule has 27 heavy (non-hydrogen) atoms. The van der Waals surface area contributed by atoms with E-state index in [2.05, 4.69) is 27.0 Å². The lowest BCUT2D eigenvalue weighted by atomic mass is 10.2. The van der Waals surface area contributed by atoms with Crippen LogP contribution in [0.4, 0.5) is 0 Å². The average Bonchev–Trinajstić information content (AvgIpc) is 3.45. The highest BCUT2D eigenvalue weighted by molar-refractivity contribution is 7.98. The van der Waals surface area contributed by atoms with Crippen molar-refractivity contribution in [2.75, 3.05) is 0 Å². The van der Waals surface area contributed by atoms with Crippen LogP contribution in [0.5, 0.6) is 0 Å². The van der Waals surface area contributed by atoms with E-state index in [0.717, 1.165) is 35.5 Å². The summed E-state index contributed by atoms with van der Waals surface area (Å²) in [5, 5.41) is 13.7. The van der Waals surface area contributed by atoms with Crippen LogP contribution >= 0.6 is 11.8 Å². The third kappa shape index (κ3) is 2.98. The van der Waals surface area contributed by atoms with Crippen LogP contribution in [-0.4, -0.2) is 20.0 Å². The highest BCUT2D eigenvalue weighted by atomic mass is 32.2. The van der Waals surface area contributed by atoms with E-state index in [4.69, 9.17) is 13.9 Å². The van der Waals surface area contributed by atoms with Gasteiger partial charge in [-0.15, -0.1) is 10.2 Å². The Morgan fingerprint density at radius 2 is 2.00 bits per heavy atom. The predicted molar refractivity (Wildman–Crippen MR) is 102 cm³/mol. The molecule has 0 bridgehead atoms. The molecule has 3 aromatic heterocycles. The van der Waals surface area contributed by atoms with Crippen LogP contribution in [-0.2, 0) is 18.6 Å². The first kappa shape index (κ1) is 16.4. The SMILES string of the molecule is Cc1occc1-c1nnc(SCc2nn(-c3ccccc3)c3c2CCC3)o1. The number of rotatable bonds is 5. The van der Waals surface area contributed by atoms with Gasteiger partial charge in [-0.2, -0.15) is 5.10 Å². The molecule has 1 aliphatic rings. The van der Waals surface area contributed by atoms with E-state index >= 15 is 0 Å². The standard InChI is InChI=1S/C20H18N4O2S/c1-13-15(10-11-25-13)19-21-22-20(26-19)27-12-17-16-8-5-9-18(16)24(23-17)14-6-3-2-4-7-14/h2-4,6-7,10-11H,5,8-9,12H2,1H3. The van der Waals surface area contributed by atoms with Gasteiger partial charge in [0, 0.05) is 11.4 Å². The number of para-hydroxylation sites is 1. The number of hydrogen-bond acceptors (Lipinski definition) is 6. The summed E-state index contributed by atoms with van der Waals surface area (Å²) in [6, 6.07) is 12.2. The first-order valence-electron chi connectivity index (χ1n) is 8.95. The summed E-state index contributed by atoms with van der Waals surface area (Å²) in [5.41, 5.74) is 5.76. The fourth-order valence-electron chi connectivity index (χ4n) is 3.53. The summed E-state index contributed by atoms with van der Waals surface area (Å²) < 4.78 is 13.2. The number of aromatic nitrogens is 4. The van der Waals surface area contributed by atoms with Crippen LogP contribution in [0.2, 0.25) is 0 Å². The van der Waals surface area contributed by atoms with Gasteiger partial charge in [-0.05, 0) is 49.9 Å². The second kappa shape index (κ2) is 6.74. The molecule has 0 amide bonds. The second-order valence-electron chi connectivity index (χ2n) is 6.53. The van der Waals surface area contributed by atoms with Gasteiger partial charge in [-0.1, -0.05) is 30.0 Å². The lowest BCUT2D eigenvalue weighted by molar-refractivity contribution is 0.463. The zero-order valence-corrected chi connectivity index (χ0v) is 15.7. The van der Waals surface area contributed by atoms with Crippen molar-refractivity contribution in [3.63, 3.8) is 0 Å². The minimum atomic E-state index is 0.490. The fraction of sp³-hybridized carbons (Fsp3) is 0.250. The van der Waals surface area contributed by atoms with Gasteiger partial charge in [0.15, 0.2) is 0 Å². The second-order valence-corrected chi connectivity index (χ2v) is 7.45. The van der Waals surface area contributed by atoms with Gasteiger partial charge in [0.05, 0.1) is 23.2 Å². The Labute approximate surface area is 160 Å². The lowest BCUT2D eigenvalue weighted by Gasteiger charge is -2.04. The van der Waals surface area contributed by atoms with Crippen molar-refractivity contribution < 1.29 is 8.83 Å². The van der Waals surface area contributed by atoms with Crippen LogP contribution in [0, 0.1) is 6.92 Å². The van der Waals surface area contributed by atoms with E-state index in [1.807, 2.05) is 31.2 Å². The molecule has 0 N–H and O–H groups in total. The molecule has 1 aromatic carbocycles. The average molecular weight is 378 g/mol. The Kier molecular flexibility index (Phi) is 4.09. The molecule has 0 saturated carbocycles. The van der Waals surface area contributed by atoms with Gasteiger partial charge >= 0.3 is 0 Å². The summed E-state index contributed by atoms with van der Waals surface area (Å²) in [5.74, 6) is 1.98. The molecular weight excluding hydrogens is 360 g/mol. The maximum Gasteiger partial charge on any atom is 0.277 e. The van der Waals surface area contributed by atoms with E-state index in [9.17, 15) is 0 Å². The number of hydrogen-bond donors (Lipinski definition) is 0. The zero-order valence-electron chi connectivity index (χ0n) is 14.9. The van der Waals surface area contributed by atoms with Crippen molar-refractivity contribution in [2.24, 2.45) is 0 Å². The molecule has 0 spiro atoms. The number of aryl methyl sites for hydroxylation is 1. The van der Waals surface area contributed by atoms with E-state index in [0.29, 0.717) is 16.9 Å². The largest absolute Gasteiger partial charge is 0.469 e. The Morgan fingerprint density at radius 1 is 1.11 bits per heavy atom. The molecule has 0 atom stereocenters. The van der Waals surface area contributed by atoms with Crippen molar-refractivity contribution >= 4 is 11.8 Å².